The first-order valence-electron chi connectivity index (χ1n) is 3.63. The Labute approximate surface area is 70.2 Å². The lowest BCUT2D eigenvalue weighted by Gasteiger charge is -2.00. The molecule has 0 aliphatic rings. The zero-order valence-corrected chi connectivity index (χ0v) is 6.80. The molecule has 0 saturated carbocycles. The number of hydrogen-bond donors (Lipinski definition) is 1. The van der Waals surface area contributed by atoms with Gasteiger partial charge in [0.05, 0.1) is 6.42 Å². The fraction of sp³-hybridized carbons (Fsp3) is 0.222. The van der Waals surface area contributed by atoms with Gasteiger partial charge in [-0.15, -0.1) is 0 Å². The zero-order chi connectivity index (χ0) is 9.14. The lowest BCUT2D eigenvalue weighted by atomic mass is 10.1. The normalized spacial score (nSPS) is 9.83. The quantitative estimate of drug-likeness (QED) is 0.705. The molecule has 0 atom stereocenters. The molecule has 64 valence electrons. The van der Waals surface area contributed by atoms with E-state index >= 15 is 0 Å². The Morgan fingerprint density at radius 2 is 2.25 bits per heavy atom. The summed E-state index contributed by atoms with van der Waals surface area (Å²) in [5.74, 6) is -0.890. The minimum atomic E-state index is -0.514. The lowest BCUT2D eigenvalue weighted by molar-refractivity contribution is -0.117. The van der Waals surface area contributed by atoms with Crippen LogP contribution in [-0.2, 0) is 11.2 Å². The third kappa shape index (κ3) is 2.05. The van der Waals surface area contributed by atoms with Crippen LogP contribution < -0.4 is 5.73 Å². The highest BCUT2D eigenvalue weighted by molar-refractivity contribution is 5.76. The van der Waals surface area contributed by atoms with Crippen LogP contribution in [-0.4, -0.2) is 5.91 Å². The second-order valence-corrected chi connectivity index (χ2v) is 2.74. The van der Waals surface area contributed by atoms with Gasteiger partial charge in [0.25, 0.3) is 0 Å². The Morgan fingerprint density at radius 1 is 1.58 bits per heavy atom. The average molecular weight is 167 g/mol. The Balaban J connectivity index is 2.97. The molecule has 3 heteroatoms. The summed E-state index contributed by atoms with van der Waals surface area (Å²) in [7, 11) is 0. The molecule has 2 N–H and O–H groups in total. The summed E-state index contributed by atoms with van der Waals surface area (Å²) in [6.45, 7) is 1.84. The highest BCUT2D eigenvalue weighted by atomic mass is 19.1. The maximum atomic E-state index is 12.9. The van der Waals surface area contributed by atoms with E-state index in [1.807, 2.05) is 6.92 Å². The molecule has 1 amide bonds. The standard InChI is InChI=1S/C9H10FNO/c1-6-2-3-8(10)7(4-6)5-9(11)12/h2-4H,5H2,1H3,(H2,11,12). The topological polar surface area (TPSA) is 43.1 Å². The molecule has 2 nitrogen and oxygen atoms in total. The first kappa shape index (κ1) is 8.71. The molecule has 12 heavy (non-hydrogen) atoms. The first-order chi connectivity index (χ1) is 5.59. The molecule has 0 bridgehead atoms. The summed E-state index contributed by atoms with van der Waals surface area (Å²) in [5, 5.41) is 0. The van der Waals surface area contributed by atoms with Crippen LogP contribution in [0.15, 0.2) is 18.2 Å². The predicted octanol–water partition coefficient (Wildman–Crippen LogP) is 1.16. The number of hydrogen-bond acceptors (Lipinski definition) is 1. The van der Waals surface area contributed by atoms with Gasteiger partial charge in [0.1, 0.15) is 5.82 Å². The van der Waals surface area contributed by atoms with E-state index in [-0.39, 0.29) is 12.2 Å². The van der Waals surface area contributed by atoms with Crippen molar-refractivity contribution >= 4 is 5.91 Å². The Hall–Kier alpha value is -1.38. The molecule has 0 fully saturated rings. The van der Waals surface area contributed by atoms with Gasteiger partial charge in [-0.05, 0) is 18.6 Å². The van der Waals surface area contributed by atoms with Gasteiger partial charge in [0.2, 0.25) is 5.91 Å². The van der Waals surface area contributed by atoms with Crippen molar-refractivity contribution in [2.75, 3.05) is 0 Å². The molecular formula is C9H10FNO. The summed E-state index contributed by atoms with van der Waals surface area (Å²) in [4.78, 5) is 10.5. The number of primary amides is 1. The molecule has 1 aromatic carbocycles. The summed E-state index contributed by atoms with van der Waals surface area (Å²) < 4.78 is 12.9. The smallest absolute Gasteiger partial charge is 0.221 e. The molecule has 0 unspecified atom stereocenters. The number of rotatable bonds is 2. The van der Waals surface area contributed by atoms with Crippen molar-refractivity contribution in [3.8, 4) is 0 Å². The van der Waals surface area contributed by atoms with Crippen molar-refractivity contribution < 1.29 is 9.18 Å². The molecular weight excluding hydrogens is 157 g/mol. The number of carbonyl (C=O) groups excluding carboxylic acids is 1. The van der Waals surface area contributed by atoms with Crippen LogP contribution in [0.3, 0.4) is 0 Å². The number of benzene rings is 1. The molecule has 1 rings (SSSR count). The largest absolute Gasteiger partial charge is 0.369 e. The van der Waals surface area contributed by atoms with Crippen molar-refractivity contribution in [3.63, 3.8) is 0 Å². The average Bonchev–Trinajstić information content (AvgIpc) is 1.96. The third-order valence-electron chi connectivity index (χ3n) is 1.57. The van der Waals surface area contributed by atoms with Gasteiger partial charge in [-0.3, -0.25) is 4.79 Å². The van der Waals surface area contributed by atoms with E-state index in [2.05, 4.69) is 0 Å². The predicted molar refractivity (Wildman–Crippen MR) is 44.0 cm³/mol. The van der Waals surface area contributed by atoms with Crippen molar-refractivity contribution in [3.05, 3.63) is 35.1 Å². The van der Waals surface area contributed by atoms with E-state index in [1.165, 1.54) is 6.07 Å². The number of carbonyl (C=O) groups is 1. The number of nitrogens with two attached hydrogens (primary N) is 1. The van der Waals surface area contributed by atoms with Crippen LogP contribution in [0.4, 0.5) is 4.39 Å². The second kappa shape index (κ2) is 3.34. The molecule has 1 aromatic rings. The fourth-order valence-electron chi connectivity index (χ4n) is 1.03. The SMILES string of the molecule is Cc1ccc(F)c(CC(N)=O)c1. The van der Waals surface area contributed by atoms with Crippen molar-refractivity contribution in [1.29, 1.82) is 0 Å². The highest BCUT2D eigenvalue weighted by Crippen LogP contribution is 2.09. The van der Waals surface area contributed by atoms with Crippen molar-refractivity contribution in [2.24, 2.45) is 5.73 Å². The molecule has 0 heterocycles. The maximum absolute atomic E-state index is 12.9. The van der Waals surface area contributed by atoms with Crippen LogP contribution >= 0.6 is 0 Å². The van der Waals surface area contributed by atoms with Crippen molar-refractivity contribution in [1.82, 2.24) is 0 Å². The Bertz CT molecular complexity index is 309. The van der Waals surface area contributed by atoms with Gasteiger partial charge in [0.15, 0.2) is 0 Å². The Kier molecular flexibility index (Phi) is 2.43. The minimum absolute atomic E-state index is 0.0342. The van der Waals surface area contributed by atoms with E-state index in [0.717, 1.165) is 5.56 Å². The van der Waals surface area contributed by atoms with Crippen molar-refractivity contribution in [2.45, 2.75) is 13.3 Å². The van der Waals surface area contributed by atoms with E-state index in [9.17, 15) is 9.18 Å². The molecule has 0 aromatic heterocycles. The number of halogens is 1. The van der Waals surface area contributed by atoms with Crippen LogP contribution in [0.25, 0.3) is 0 Å². The van der Waals surface area contributed by atoms with Crippen LogP contribution in [0.5, 0.6) is 0 Å². The molecule has 0 aliphatic carbocycles. The lowest BCUT2D eigenvalue weighted by Crippen LogP contribution is -2.14. The summed E-state index contributed by atoms with van der Waals surface area (Å²) in [6, 6.07) is 4.62. The van der Waals surface area contributed by atoms with Gasteiger partial charge in [-0.1, -0.05) is 17.7 Å². The molecule has 0 aliphatic heterocycles. The number of aryl methyl sites for hydroxylation is 1. The van der Waals surface area contributed by atoms with E-state index in [1.54, 1.807) is 12.1 Å². The second-order valence-electron chi connectivity index (χ2n) is 2.74. The fourth-order valence-corrected chi connectivity index (χ4v) is 1.03. The zero-order valence-electron chi connectivity index (χ0n) is 6.80. The summed E-state index contributed by atoms with van der Waals surface area (Å²) >= 11 is 0. The van der Waals surface area contributed by atoms with E-state index in [0.29, 0.717) is 5.56 Å². The maximum Gasteiger partial charge on any atom is 0.221 e. The van der Waals surface area contributed by atoms with Crippen LogP contribution in [0, 0.1) is 12.7 Å². The van der Waals surface area contributed by atoms with Gasteiger partial charge >= 0.3 is 0 Å². The summed E-state index contributed by atoms with van der Waals surface area (Å²) in [5.41, 5.74) is 6.23. The van der Waals surface area contributed by atoms with E-state index in [4.69, 9.17) is 5.73 Å². The molecule has 0 spiro atoms. The highest BCUT2D eigenvalue weighted by Gasteiger charge is 2.04. The Morgan fingerprint density at radius 3 is 2.83 bits per heavy atom. The minimum Gasteiger partial charge on any atom is -0.369 e. The first-order valence-corrected chi connectivity index (χ1v) is 3.63. The molecule has 0 saturated heterocycles. The van der Waals surface area contributed by atoms with Gasteiger partial charge in [-0.25, -0.2) is 4.39 Å². The van der Waals surface area contributed by atoms with Crippen LogP contribution in [0.1, 0.15) is 11.1 Å². The van der Waals surface area contributed by atoms with E-state index < -0.39 is 5.91 Å². The van der Waals surface area contributed by atoms with Crippen LogP contribution in [0.2, 0.25) is 0 Å². The monoisotopic (exact) mass is 167 g/mol. The molecule has 0 radical (unpaired) electrons. The van der Waals surface area contributed by atoms with Gasteiger partial charge in [-0.2, -0.15) is 0 Å². The van der Waals surface area contributed by atoms with Gasteiger partial charge in [0, 0.05) is 0 Å². The number of amides is 1. The third-order valence-corrected chi connectivity index (χ3v) is 1.57. The van der Waals surface area contributed by atoms with Gasteiger partial charge < -0.3 is 5.73 Å². The summed E-state index contributed by atoms with van der Waals surface area (Å²) in [6.07, 6.45) is -0.0342.